The molecule has 2 heterocycles. The lowest BCUT2D eigenvalue weighted by Crippen LogP contribution is -2.49. The minimum Gasteiger partial charge on any atom is -0.368 e. The van der Waals surface area contributed by atoms with Crippen molar-refractivity contribution in [2.75, 3.05) is 36.4 Å². The second-order valence-corrected chi connectivity index (χ2v) is 7.66. The largest absolute Gasteiger partial charge is 0.368 e. The standard InChI is InChI=1S/C24H25N5O2/c1-17-9-10-19(16-21(17)26-23(30)20-7-5-11-25-27-20)24(31)29-14-12-28(13-15-29)22-8-4-3-6-18(22)2/h3-11,16H,12-15H2,1-2H3,(H,26,30). The van der Waals surface area contributed by atoms with Gasteiger partial charge in [0.1, 0.15) is 0 Å². The van der Waals surface area contributed by atoms with Gasteiger partial charge in [-0.15, -0.1) is 5.10 Å². The van der Waals surface area contributed by atoms with Crippen LogP contribution in [0.5, 0.6) is 0 Å². The molecule has 1 fully saturated rings. The molecule has 1 saturated heterocycles. The number of carbonyl (C=O) groups excluding carboxylic acids is 2. The van der Waals surface area contributed by atoms with Gasteiger partial charge in [0, 0.05) is 49.3 Å². The van der Waals surface area contributed by atoms with Gasteiger partial charge >= 0.3 is 0 Å². The molecule has 1 aliphatic heterocycles. The maximum Gasteiger partial charge on any atom is 0.276 e. The minimum absolute atomic E-state index is 0.0283. The number of hydrogen-bond donors (Lipinski definition) is 1. The van der Waals surface area contributed by atoms with Crippen LogP contribution in [0.4, 0.5) is 11.4 Å². The molecule has 0 spiro atoms. The summed E-state index contributed by atoms with van der Waals surface area (Å²) in [7, 11) is 0. The summed E-state index contributed by atoms with van der Waals surface area (Å²) in [4.78, 5) is 29.7. The van der Waals surface area contributed by atoms with Gasteiger partial charge in [0.25, 0.3) is 11.8 Å². The van der Waals surface area contributed by atoms with Crippen molar-refractivity contribution in [3.05, 3.63) is 83.2 Å². The molecule has 1 aromatic heterocycles. The highest BCUT2D eigenvalue weighted by Gasteiger charge is 2.23. The van der Waals surface area contributed by atoms with Crippen molar-refractivity contribution in [3.8, 4) is 0 Å². The number of amides is 2. The summed E-state index contributed by atoms with van der Waals surface area (Å²) in [5.41, 5.74) is 4.72. The average Bonchev–Trinajstić information content (AvgIpc) is 2.81. The number of benzene rings is 2. The molecule has 158 valence electrons. The maximum atomic E-state index is 13.1. The Morgan fingerprint density at radius 3 is 2.39 bits per heavy atom. The van der Waals surface area contributed by atoms with Crippen LogP contribution in [-0.2, 0) is 0 Å². The number of nitrogens with one attached hydrogen (secondary N) is 1. The van der Waals surface area contributed by atoms with Crippen molar-refractivity contribution in [2.24, 2.45) is 0 Å². The highest BCUT2D eigenvalue weighted by atomic mass is 16.2. The number of nitrogens with zero attached hydrogens (tertiary/aromatic N) is 4. The average molecular weight is 415 g/mol. The van der Waals surface area contributed by atoms with Gasteiger partial charge in [-0.2, -0.15) is 5.10 Å². The molecule has 3 aromatic rings. The van der Waals surface area contributed by atoms with Crippen LogP contribution in [0.25, 0.3) is 0 Å². The summed E-state index contributed by atoms with van der Waals surface area (Å²) >= 11 is 0. The Labute approximate surface area is 181 Å². The predicted octanol–water partition coefficient (Wildman–Crippen LogP) is 3.31. The van der Waals surface area contributed by atoms with E-state index in [1.807, 2.05) is 36.1 Å². The Bertz CT molecular complexity index is 1090. The van der Waals surface area contributed by atoms with Crippen molar-refractivity contribution in [1.82, 2.24) is 15.1 Å². The monoisotopic (exact) mass is 415 g/mol. The van der Waals surface area contributed by atoms with Crippen LogP contribution in [0.2, 0.25) is 0 Å². The Morgan fingerprint density at radius 2 is 1.68 bits per heavy atom. The maximum absolute atomic E-state index is 13.1. The van der Waals surface area contributed by atoms with Crippen molar-refractivity contribution in [2.45, 2.75) is 13.8 Å². The molecule has 1 aliphatic rings. The molecular weight excluding hydrogens is 390 g/mol. The van der Waals surface area contributed by atoms with Gasteiger partial charge in [-0.05, 0) is 55.3 Å². The summed E-state index contributed by atoms with van der Waals surface area (Å²) in [5.74, 6) is -0.382. The number of para-hydroxylation sites is 1. The molecule has 2 amide bonds. The van der Waals surface area contributed by atoms with Gasteiger partial charge in [-0.25, -0.2) is 0 Å². The first kappa shape index (κ1) is 20.5. The Kier molecular flexibility index (Phi) is 5.93. The summed E-state index contributed by atoms with van der Waals surface area (Å²) in [6.45, 7) is 6.89. The van der Waals surface area contributed by atoms with Gasteiger partial charge < -0.3 is 15.1 Å². The highest BCUT2D eigenvalue weighted by Crippen LogP contribution is 2.23. The number of rotatable bonds is 4. The Balaban J connectivity index is 1.44. The topological polar surface area (TPSA) is 78.4 Å². The van der Waals surface area contributed by atoms with Crippen molar-refractivity contribution in [3.63, 3.8) is 0 Å². The van der Waals surface area contributed by atoms with Gasteiger partial charge in [0.2, 0.25) is 0 Å². The molecule has 0 aliphatic carbocycles. The smallest absolute Gasteiger partial charge is 0.276 e. The number of hydrogen-bond acceptors (Lipinski definition) is 5. The number of piperazine rings is 1. The minimum atomic E-state index is -0.354. The Hall–Kier alpha value is -3.74. The molecule has 0 saturated carbocycles. The number of aryl methyl sites for hydroxylation is 2. The van der Waals surface area contributed by atoms with E-state index in [9.17, 15) is 9.59 Å². The first-order valence-corrected chi connectivity index (χ1v) is 10.3. The zero-order valence-electron chi connectivity index (χ0n) is 17.7. The molecule has 7 nitrogen and oxygen atoms in total. The fourth-order valence-corrected chi connectivity index (χ4v) is 3.75. The molecule has 0 unspecified atom stereocenters. The zero-order chi connectivity index (χ0) is 21.8. The first-order valence-electron chi connectivity index (χ1n) is 10.3. The molecule has 0 radical (unpaired) electrons. The lowest BCUT2D eigenvalue weighted by molar-refractivity contribution is 0.0746. The number of anilines is 2. The van der Waals surface area contributed by atoms with Gasteiger partial charge in [-0.1, -0.05) is 24.3 Å². The fraction of sp³-hybridized carbons (Fsp3) is 0.250. The van der Waals surface area contributed by atoms with E-state index < -0.39 is 0 Å². The zero-order valence-corrected chi connectivity index (χ0v) is 17.7. The van der Waals surface area contributed by atoms with Gasteiger partial charge in [0.15, 0.2) is 5.69 Å². The van der Waals surface area contributed by atoms with E-state index in [-0.39, 0.29) is 17.5 Å². The molecule has 7 heteroatoms. The fourth-order valence-electron chi connectivity index (χ4n) is 3.75. The second-order valence-electron chi connectivity index (χ2n) is 7.66. The summed E-state index contributed by atoms with van der Waals surface area (Å²) in [6.07, 6.45) is 1.51. The predicted molar refractivity (Wildman–Crippen MR) is 120 cm³/mol. The van der Waals surface area contributed by atoms with Crippen LogP contribution < -0.4 is 10.2 Å². The third-order valence-electron chi connectivity index (χ3n) is 5.56. The summed E-state index contributed by atoms with van der Waals surface area (Å²) in [5, 5.41) is 10.4. The van der Waals surface area contributed by atoms with E-state index >= 15 is 0 Å². The van der Waals surface area contributed by atoms with Crippen LogP contribution in [0, 0.1) is 13.8 Å². The number of carbonyl (C=O) groups is 2. The highest BCUT2D eigenvalue weighted by molar-refractivity contribution is 6.04. The Morgan fingerprint density at radius 1 is 0.903 bits per heavy atom. The molecule has 2 aromatic carbocycles. The quantitative estimate of drug-likeness (QED) is 0.707. The summed E-state index contributed by atoms with van der Waals surface area (Å²) < 4.78 is 0. The number of aromatic nitrogens is 2. The van der Waals surface area contributed by atoms with Gasteiger partial charge in [0.05, 0.1) is 0 Å². The molecule has 0 atom stereocenters. The van der Waals surface area contributed by atoms with Gasteiger partial charge in [-0.3, -0.25) is 9.59 Å². The van der Waals surface area contributed by atoms with E-state index in [0.717, 1.165) is 18.7 Å². The van der Waals surface area contributed by atoms with Crippen LogP contribution >= 0.6 is 0 Å². The van der Waals surface area contributed by atoms with E-state index in [2.05, 4.69) is 39.5 Å². The normalized spacial score (nSPS) is 13.7. The molecular formula is C24H25N5O2. The van der Waals surface area contributed by atoms with Crippen molar-refractivity contribution >= 4 is 23.2 Å². The molecule has 0 bridgehead atoms. The van der Waals surface area contributed by atoms with Crippen LogP contribution in [-0.4, -0.2) is 53.1 Å². The first-order chi connectivity index (χ1) is 15.0. The lowest BCUT2D eigenvalue weighted by Gasteiger charge is -2.37. The van der Waals surface area contributed by atoms with Crippen LogP contribution in [0.15, 0.2) is 60.8 Å². The molecule has 4 rings (SSSR count). The van der Waals surface area contributed by atoms with E-state index in [1.165, 1.54) is 17.4 Å². The molecule has 1 N–H and O–H groups in total. The van der Waals surface area contributed by atoms with E-state index in [1.54, 1.807) is 18.2 Å². The third-order valence-corrected chi connectivity index (χ3v) is 5.56. The lowest BCUT2D eigenvalue weighted by atomic mass is 10.1. The van der Waals surface area contributed by atoms with Crippen LogP contribution in [0.3, 0.4) is 0 Å². The van der Waals surface area contributed by atoms with Crippen molar-refractivity contribution < 1.29 is 9.59 Å². The third kappa shape index (κ3) is 4.55. The summed E-state index contributed by atoms with van der Waals surface area (Å²) in [6, 6.07) is 17.0. The van der Waals surface area contributed by atoms with Crippen LogP contribution in [0.1, 0.15) is 32.0 Å². The van der Waals surface area contributed by atoms with E-state index in [4.69, 9.17) is 0 Å². The SMILES string of the molecule is Cc1ccc(C(=O)N2CCN(c3ccccc3C)CC2)cc1NC(=O)c1cccnn1. The van der Waals surface area contributed by atoms with E-state index in [0.29, 0.717) is 24.3 Å². The van der Waals surface area contributed by atoms with Crippen molar-refractivity contribution in [1.29, 1.82) is 0 Å². The molecule has 31 heavy (non-hydrogen) atoms. The second kappa shape index (κ2) is 8.95.